The van der Waals surface area contributed by atoms with Crippen molar-refractivity contribution in [3.05, 3.63) is 46.7 Å². The third-order valence-electron chi connectivity index (χ3n) is 3.93. The molecule has 2 aromatic rings. The van der Waals surface area contributed by atoms with Gasteiger partial charge in [-0.1, -0.05) is 17.7 Å². The van der Waals surface area contributed by atoms with E-state index in [-0.39, 0.29) is 30.6 Å². The van der Waals surface area contributed by atoms with Gasteiger partial charge in [0, 0.05) is 42.2 Å². The molecule has 0 spiro atoms. The van der Waals surface area contributed by atoms with E-state index in [0.717, 1.165) is 12.8 Å². The van der Waals surface area contributed by atoms with Crippen LogP contribution in [0.15, 0.2) is 30.5 Å². The molecule has 1 unspecified atom stereocenters. The van der Waals surface area contributed by atoms with E-state index in [1.54, 1.807) is 24.3 Å². The fourth-order valence-corrected chi connectivity index (χ4v) is 2.90. The summed E-state index contributed by atoms with van der Waals surface area (Å²) in [6, 6.07) is 6.59. The zero-order valence-electron chi connectivity index (χ0n) is 15.2. The Morgan fingerprint density at radius 2 is 2.14 bits per heavy atom. The van der Waals surface area contributed by atoms with Gasteiger partial charge in [-0.3, -0.25) is 4.79 Å². The number of carbonyl (C=O) groups is 1. The molecule has 1 atom stereocenters. The van der Waals surface area contributed by atoms with Gasteiger partial charge in [0.25, 0.3) is 6.47 Å². The Kier molecular flexibility index (Phi) is 8.62. The summed E-state index contributed by atoms with van der Waals surface area (Å²) in [5.41, 5.74) is -0.459. The first-order valence-electron chi connectivity index (χ1n) is 8.69. The summed E-state index contributed by atoms with van der Waals surface area (Å²) in [5, 5.41) is 13.1. The van der Waals surface area contributed by atoms with Crippen LogP contribution in [-0.2, 0) is 22.3 Å². The molecule has 1 fully saturated rings. The van der Waals surface area contributed by atoms with Gasteiger partial charge in [-0.15, -0.1) is 0 Å². The molecular formula is C18H20ClF3N4O3. The Bertz CT molecular complexity index is 802. The number of halogens is 4. The first kappa shape index (κ1) is 22.9. The Morgan fingerprint density at radius 1 is 1.38 bits per heavy atom. The lowest BCUT2D eigenvalue weighted by molar-refractivity contribution is -0.141. The van der Waals surface area contributed by atoms with Crippen molar-refractivity contribution in [2.24, 2.45) is 0 Å². The van der Waals surface area contributed by atoms with Crippen LogP contribution in [0.4, 0.5) is 24.8 Å². The number of nitrogens with zero attached hydrogens (tertiary/aromatic N) is 2. The Morgan fingerprint density at radius 3 is 2.76 bits per heavy atom. The van der Waals surface area contributed by atoms with Crippen LogP contribution in [-0.4, -0.2) is 40.8 Å². The number of ether oxygens (including phenoxy) is 1. The summed E-state index contributed by atoms with van der Waals surface area (Å²) < 4.78 is 45.6. The van der Waals surface area contributed by atoms with Crippen molar-refractivity contribution in [3.63, 3.8) is 0 Å². The topological polar surface area (TPSA) is 96.4 Å². The van der Waals surface area contributed by atoms with Gasteiger partial charge in [0.05, 0.1) is 6.10 Å². The van der Waals surface area contributed by atoms with Crippen LogP contribution in [0.25, 0.3) is 0 Å². The SMILES string of the molecule is FC(F)(F)c1nc(Nc2cccc(Cl)c2)ncc1CNCC1CCCO1.O=CO. The van der Waals surface area contributed by atoms with Crippen LogP contribution in [0.5, 0.6) is 0 Å². The number of hydrogen-bond acceptors (Lipinski definition) is 6. The molecule has 0 bridgehead atoms. The van der Waals surface area contributed by atoms with Gasteiger partial charge in [-0.2, -0.15) is 13.2 Å². The highest BCUT2D eigenvalue weighted by molar-refractivity contribution is 6.30. The van der Waals surface area contributed by atoms with Gasteiger partial charge in [0.15, 0.2) is 5.69 Å². The monoisotopic (exact) mass is 432 g/mol. The molecule has 0 aliphatic carbocycles. The highest BCUT2D eigenvalue weighted by Crippen LogP contribution is 2.31. The molecule has 3 rings (SSSR count). The normalized spacial score (nSPS) is 16.1. The quantitative estimate of drug-likeness (QED) is 0.596. The van der Waals surface area contributed by atoms with Crippen molar-refractivity contribution in [1.82, 2.24) is 15.3 Å². The Hall–Kier alpha value is -2.43. The second-order valence-corrected chi connectivity index (χ2v) is 6.51. The molecule has 1 saturated heterocycles. The minimum Gasteiger partial charge on any atom is -0.483 e. The maximum atomic E-state index is 13.4. The lowest BCUT2D eigenvalue weighted by Crippen LogP contribution is -2.27. The van der Waals surface area contributed by atoms with E-state index in [1.807, 2.05) is 0 Å². The average molecular weight is 433 g/mol. The summed E-state index contributed by atoms with van der Waals surface area (Å²) in [7, 11) is 0. The van der Waals surface area contributed by atoms with Crippen LogP contribution in [0.1, 0.15) is 24.1 Å². The zero-order chi connectivity index (χ0) is 21.3. The maximum Gasteiger partial charge on any atom is 0.433 e. The molecule has 1 aromatic carbocycles. The molecule has 0 saturated carbocycles. The van der Waals surface area contributed by atoms with Crippen LogP contribution >= 0.6 is 11.6 Å². The second-order valence-electron chi connectivity index (χ2n) is 6.07. The highest BCUT2D eigenvalue weighted by Gasteiger charge is 2.36. The fourth-order valence-electron chi connectivity index (χ4n) is 2.71. The first-order chi connectivity index (χ1) is 13.8. The molecule has 0 radical (unpaired) electrons. The molecule has 7 nitrogen and oxygen atoms in total. The fraction of sp³-hybridized carbons (Fsp3) is 0.389. The third kappa shape index (κ3) is 7.48. The number of alkyl halides is 3. The molecular weight excluding hydrogens is 413 g/mol. The minimum atomic E-state index is -4.57. The number of rotatable bonds is 6. The molecule has 3 N–H and O–H groups in total. The summed E-state index contributed by atoms with van der Waals surface area (Å²) in [6.45, 7) is 0.971. The summed E-state index contributed by atoms with van der Waals surface area (Å²) in [4.78, 5) is 16.0. The predicted octanol–water partition coefficient (Wildman–Crippen LogP) is 3.86. The largest absolute Gasteiger partial charge is 0.483 e. The maximum absolute atomic E-state index is 13.4. The van der Waals surface area contributed by atoms with E-state index in [9.17, 15) is 13.2 Å². The highest BCUT2D eigenvalue weighted by atomic mass is 35.5. The van der Waals surface area contributed by atoms with Crippen LogP contribution in [0, 0.1) is 0 Å². The predicted molar refractivity (Wildman–Crippen MR) is 101 cm³/mol. The molecule has 29 heavy (non-hydrogen) atoms. The van der Waals surface area contributed by atoms with Crippen LogP contribution in [0.3, 0.4) is 0 Å². The van der Waals surface area contributed by atoms with Crippen molar-refractivity contribution in [3.8, 4) is 0 Å². The summed E-state index contributed by atoms with van der Waals surface area (Å²) >= 11 is 5.87. The average Bonchev–Trinajstić information content (AvgIpc) is 3.16. The van der Waals surface area contributed by atoms with Gasteiger partial charge >= 0.3 is 6.18 Å². The molecule has 1 aliphatic rings. The van der Waals surface area contributed by atoms with Crippen molar-refractivity contribution in [2.75, 3.05) is 18.5 Å². The summed E-state index contributed by atoms with van der Waals surface area (Å²) in [6.07, 6.45) is -1.44. The van der Waals surface area contributed by atoms with E-state index < -0.39 is 11.9 Å². The molecule has 1 aromatic heterocycles. The van der Waals surface area contributed by atoms with Crippen LogP contribution < -0.4 is 10.6 Å². The zero-order valence-corrected chi connectivity index (χ0v) is 16.0. The van der Waals surface area contributed by atoms with Crippen molar-refractivity contribution >= 4 is 29.7 Å². The van der Waals surface area contributed by atoms with Gasteiger partial charge in [0.1, 0.15) is 0 Å². The van der Waals surface area contributed by atoms with E-state index in [4.69, 9.17) is 26.2 Å². The number of benzene rings is 1. The number of anilines is 2. The lowest BCUT2D eigenvalue weighted by atomic mass is 10.2. The molecule has 158 valence electrons. The minimum absolute atomic E-state index is 0.00728. The van der Waals surface area contributed by atoms with Gasteiger partial charge < -0.3 is 20.5 Å². The number of carboxylic acid groups (broad SMARTS) is 1. The first-order valence-corrected chi connectivity index (χ1v) is 9.07. The number of nitrogens with one attached hydrogen (secondary N) is 2. The Balaban J connectivity index is 0.000000941. The van der Waals surface area contributed by atoms with Crippen molar-refractivity contribution in [1.29, 1.82) is 0 Å². The third-order valence-corrected chi connectivity index (χ3v) is 4.16. The van der Waals surface area contributed by atoms with Gasteiger partial charge in [0.2, 0.25) is 5.95 Å². The Labute approximate surface area is 170 Å². The second kappa shape index (κ2) is 10.9. The molecule has 0 amide bonds. The lowest BCUT2D eigenvalue weighted by Gasteiger charge is -2.15. The van der Waals surface area contributed by atoms with E-state index >= 15 is 0 Å². The number of aromatic nitrogens is 2. The van der Waals surface area contributed by atoms with Gasteiger partial charge in [-0.05, 0) is 31.0 Å². The standard InChI is InChI=1S/C17H18ClF3N4O.CH2O2/c18-12-3-1-4-13(7-12)24-16-23-9-11(15(25-16)17(19,20)21)8-22-10-14-5-2-6-26-14;2-1-3/h1,3-4,7,9,14,22H,2,5-6,8,10H2,(H,23,24,25);1H,(H,2,3). The van der Waals surface area contributed by atoms with Crippen LogP contribution in [0.2, 0.25) is 5.02 Å². The summed E-state index contributed by atoms with van der Waals surface area (Å²) in [5.74, 6) is -0.137. The molecule has 11 heteroatoms. The molecule has 1 aliphatic heterocycles. The van der Waals surface area contributed by atoms with E-state index in [2.05, 4.69) is 20.6 Å². The van der Waals surface area contributed by atoms with E-state index in [0.29, 0.717) is 23.9 Å². The van der Waals surface area contributed by atoms with Crippen molar-refractivity contribution in [2.45, 2.75) is 31.7 Å². The molecule has 2 heterocycles. The smallest absolute Gasteiger partial charge is 0.433 e. The van der Waals surface area contributed by atoms with E-state index in [1.165, 1.54) is 6.20 Å². The van der Waals surface area contributed by atoms with Crippen molar-refractivity contribution < 1.29 is 27.8 Å². The number of hydrogen-bond donors (Lipinski definition) is 3. The van der Waals surface area contributed by atoms with Gasteiger partial charge in [-0.25, -0.2) is 9.97 Å².